The van der Waals surface area contributed by atoms with E-state index in [-0.39, 0.29) is 17.7 Å². The molecule has 11 heteroatoms. The molecule has 0 spiro atoms. The zero-order chi connectivity index (χ0) is 28.1. The van der Waals surface area contributed by atoms with Crippen molar-refractivity contribution in [2.75, 3.05) is 26.9 Å². The lowest BCUT2D eigenvalue weighted by Crippen LogP contribution is -2.39. The lowest BCUT2D eigenvalue weighted by Gasteiger charge is -2.23. The van der Waals surface area contributed by atoms with Gasteiger partial charge in [0, 0.05) is 16.8 Å². The Balaban J connectivity index is 1.93. The van der Waals surface area contributed by atoms with Gasteiger partial charge in [0.05, 0.1) is 41.5 Å². The number of hydrogen-bond donors (Lipinski definition) is 0. The summed E-state index contributed by atoms with van der Waals surface area (Å²) in [6.45, 7) is 8.48. The maximum absolute atomic E-state index is 13.9. The largest absolute Gasteiger partial charge is 0.490 e. The minimum atomic E-state index is -0.815. The molecule has 0 radical (unpaired) electrons. The van der Waals surface area contributed by atoms with Gasteiger partial charge in [0.1, 0.15) is 12.4 Å². The van der Waals surface area contributed by atoms with Gasteiger partial charge in [0.2, 0.25) is 0 Å². The van der Waals surface area contributed by atoms with Crippen LogP contribution < -0.4 is 29.1 Å². The van der Waals surface area contributed by atoms with E-state index in [4.69, 9.17) is 42.1 Å². The first kappa shape index (κ1) is 28.5. The van der Waals surface area contributed by atoms with Crippen molar-refractivity contribution in [2.45, 2.75) is 19.9 Å². The first-order valence-electron chi connectivity index (χ1n) is 12.0. The van der Waals surface area contributed by atoms with E-state index in [1.165, 1.54) is 17.9 Å². The van der Waals surface area contributed by atoms with Gasteiger partial charge >= 0.3 is 5.97 Å². The van der Waals surface area contributed by atoms with Gasteiger partial charge < -0.3 is 18.9 Å². The fourth-order valence-corrected chi connectivity index (χ4v) is 5.63. The summed E-state index contributed by atoms with van der Waals surface area (Å²) >= 11 is 13.8. The average Bonchev–Trinajstić information content (AvgIpc) is 3.23. The monoisotopic (exact) mass is 588 g/mol. The molecule has 0 unspecified atom stereocenters. The summed E-state index contributed by atoms with van der Waals surface area (Å²) in [7, 11) is 1.28. The van der Waals surface area contributed by atoms with Crippen molar-refractivity contribution in [1.82, 2.24) is 4.57 Å². The van der Waals surface area contributed by atoms with Gasteiger partial charge in [-0.15, -0.1) is 0 Å². The molecular weight excluding hydrogens is 563 g/mol. The normalized spacial score (nSPS) is 14.6. The van der Waals surface area contributed by atoms with Crippen LogP contribution in [0.15, 0.2) is 64.5 Å². The van der Waals surface area contributed by atoms with E-state index in [0.717, 1.165) is 11.3 Å². The summed E-state index contributed by atoms with van der Waals surface area (Å²) < 4.78 is 24.1. The van der Waals surface area contributed by atoms with E-state index >= 15 is 0 Å². The SMILES string of the molecule is C=CCOc1c(Cl)cc(Cl)cc1/C=c1/sc2n(c1=O)[C@@H](c1ccc(OCC)c(OCC)c1)C(C(=O)OC)=CN=2. The highest BCUT2D eigenvalue weighted by Crippen LogP contribution is 2.35. The second-order valence-electron chi connectivity index (χ2n) is 8.15. The standard InChI is InChI=1S/C28H26Cl2N2O6S/c1-5-10-38-25-17(11-18(29)14-20(25)30)13-23-26(33)32-24(19(27(34)35-4)15-31-28(32)39-23)16-8-9-21(36-6-2)22(12-16)37-7-3/h5,8-9,11-15,24H,1,6-7,10H2,2-4H3/b23-13+/t24-/m0/s1. The van der Waals surface area contributed by atoms with E-state index in [1.807, 2.05) is 13.8 Å². The summed E-state index contributed by atoms with van der Waals surface area (Å²) in [5.41, 5.74) is 0.977. The Morgan fingerprint density at radius 1 is 1.13 bits per heavy atom. The molecule has 1 aliphatic heterocycles. The summed E-state index contributed by atoms with van der Waals surface area (Å²) in [5, 5.41) is 0.681. The third-order valence-corrected chi connectivity index (χ3v) is 7.17. The zero-order valence-corrected chi connectivity index (χ0v) is 23.9. The first-order chi connectivity index (χ1) is 18.8. The summed E-state index contributed by atoms with van der Waals surface area (Å²) in [4.78, 5) is 31.4. The van der Waals surface area contributed by atoms with Crippen LogP contribution in [0.25, 0.3) is 6.08 Å². The molecule has 8 nitrogen and oxygen atoms in total. The zero-order valence-electron chi connectivity index (χ0n) is 21.5. The Bertz CT molecular complexity index is 1630. The molecule has 0 saturated carbocycles. The van der Waals surface area contributed by atoms with E-state index in [9.17, 15) is 9.59 Å². The van der Waals surface area contributed by atoms with E-state index in [2.05, 4.69) is 11.6 Å². The number of carbonyl (C=O) groups excluding carboxylic acids is 1. The minimum Gasteiger partial charge on any atom is -0.490 e. The van der Waals surface area contributed by atoms with Crippen LogP contribution in [-0.2, 0) is 9.53 Å². The summed E-state index contributed by atoms with van der Waals surface area (Å²) in [6.07, 6.45) is 4.66. The molecule has 0 fully saturated rings. The van der Waals surface area contributed by atoms with Gasteiger partial charge in [0.25, 0.3) is 5.56 Å². The Kier molecular flexibility index (Phi) is 9.16. The number of methoxy groups -OCH3 is 1. The lowest BCUT2D eigenvalue weighted by atomic mass is 9.97. The highest BCUT2D eigenvalue weighted by atomic mass is 35.5. The third kappa shape index (κ3) is 5.90. The molecule has 3 aromatic rings. The minimum absolute atomic E-state index is 0.198. The van der Waals surface area contributed by atoms with E-state index < -0.39 is 12.0 Å². The van der Waals surface area contributed by atoms with Crippen LogP contribution in [0.4, 0.5) is 0 Å². The first-order valence-corrected chi connectivity index (χ1v) is 13.6. The van der Waals surface area contributed by atoms with Crippen molar-refractivity contribution in [3.8, 4) is 17.2 Å². The van der Waals surface area contributed by atoms with Crippen LogP contribution in [-0.4, -0.2) is 37.5 Å². The number of esters is 1. The van der Waals surface area contributed by atoms with Crippen LogP contribution in [0.1, 0.15) is 31.0 Å². The van der Waals surface area contributed by atoms with Crippen molar-refractivity contribution in [3.63, 3.8) is 0 Å². The number of thiazole rings is 1. The highest BCUT2D eigenvalue weighted by Gasteiger charge is 2.31. The van der Waals surface area contributed by atoms with E-state index in [0.29, 0.717) is 61.0 Å². The quantitative estimate of drug-likeness (QED) is 0.252. The molecule has 0 bridgehead atoms. The third-order valence-electron chi connectivity index (χ3n) is 5.68. The molecule has 2 aromatic carbocycles. The predicted molar refractivity (Wildman–Crippen MR) is 152 cm³/mol. The molecule has 0 amide bonds. The van der Waals surface area contributed by atoms with Crippen molar-refractivity contribution in [3.05, 3.63) is 95.6 Å². The lowest BCUT2D eigenvalue weighted by molar-refractivity contribution is -0.136. The van der Waals surface area contributed by atoms with Gasteiger partial charge in [-0.05, 0) is 49.8 Å². The van der Waals surface area contributed by atoms with Crippen LogP contribution in [0.5, 0.6) is 17.2 Å². The van der Waals surface area contributed by atoms with Gasteiger partial charge in [-0.2, -0.15) is 0 Å². The van der Waals surface area contributed by atoms with Gasteiger partial charge in [0.15, 0.2) is 16.3 Å². The van der Waals surface area contributed by atoms with Gasteiger partial charge in [-0.3, -0.25) is 9.36 Å². The van der Waals surface area contributed by atoms with Crippen molar-refractivity contribution in [1.29, 1.82) is 0 Å². The number of halogens is 2. The number of rotatable bonds is 10. The topological polar surface area (TPSA) is 88.3 Å². The number of benzene rings is 2. The van der Waals surface area contributed by atoms with Crippen LogP contribution >= 0.6 is 34.5 Å². The second kappa shape index (κ2) is 12.5. The number of aromatic nitrogens is 1. The highest BCUT2D eigenvalue weighted by molar-refractivity contribution is 7.07. The van der Waals surface area contributed by atoms with Gasteiger partial charge in [-0.1, -0.05) is 53.3 Å². The van der Waals surface area contributed by atoms with Crippen molar-refractivity contribution < 1.29 is 23.7 Å². The molecule has 1 atom stereocenters. The predicted octanol–water partition coefficient (Wildman–Crippen LogP) is 4.69. The molecule has 204 valence electrons. The fraction of sp³-hybridized carbons (Fsp3) is 0.250. The van der Waals surface area contributed by atoms with Crippen LogP contribution in [0.2, 0.25) is 10.0 Å². The number of nitrogens with zero attached hydrogens (tertiary/aromatic N) is 2. The molecule has 39 heavy (non-hydrogen) atoms. The molecule has 0 N–H and O–H groups in total. The molecule has 0 aliphatic carbocycles. The molecular formula is C28H26Cl2N2O6S. The Hall–Kier alpha value is -3.53. The number of carbonyl (C=O) groups is 1. The summed E-state index contributed by atoms with van der Waals surface area (Å²) in [5.74, 6) is 0.819. The number of hydrogen-bond acceptors (Lipinski definition) is 8. The maximum atomic E-state index is 13.9. The Morgan fingerprint density at radius 3 is 2.56 bits per heavy atom. The molecule has 1 aliphatic rings. The number of fused-ring (bicyclic) bond motifs is 1. The number of ether oxygens (including phenoxy) is 4. The molecule has 1 aromatic heterocycles. The van der Waals surface area contributed by atoms with Crippen LogP contribution in [0, 0.1) is 0 Å². The summed E-state index contributed by atoms with van der Waals surface area (Å²) in [6, 6.07) is 7.70. The van der Waals surface area contributed by atoms with Crippen LogP contribution in [0.3, 0.4) is 0 Å². The Labute approximate surface area is 239 Å². The van der Waals surface area contributed by atoms with Crippen molar-refractivity contribution >= 4 is 46.6 Å². The molecule has 4 rings (SSSR count). The Morgan fingerprint density at radius 2 is 1.87 bits per heavy atom. The average molecular weight is 589 g/mol. The smallest absolute Gasteiger partial charge is 0.337 e. The maximum Gasteiger partial charge on any atom is 0.337 e. The van der Waals surface area contributed by atoms with E-state index in [1.54, 1.807) is 42.5 Å². The second-order valence-corrected chi connectivity index (χ2v) is 10.0. The van der Waals surface area contributed by atoms with Gasteiger partial charge in [-0.25, -0.2) is 9.79 Å². The van der Waals surface area contributed by atoms with Crippen molar-refractivity contribution in [2.24, 2.45) is 4.99 Å². The fourth-order valence-electron chi connectivity index (χ4n) is 4.11. The molecule has 0 saturated heterocycles. The molecule has 2 heterocycles.